The topological polar surface area (TPSA) is 62.6 Å². The van der Waals surface area contributed by atoms with Crippen molar-refractivity contribution in [3.8, 4) is 0 Å². The third-order valence-electron chi connectivity index (χ3n) is 4.98. The van der Waals surface area contributed by atoms with Crippen LogP contribution in [0.3, 0.4) is 0 Å². The molecular weight excluding hydrogens is 340 g/mol. The predicted octanol–water partition coefficient (Wildman–Crippen LogP) is 4.05. The zero-order valence-corrected chi connectivity index (χ0v) is 15.3. The van der Waals surface area contributed by atoms with Gasteiger partial charge in [0.1, 0.15) is 11.3 Å². The quantitative estimate of drug-likeness (QED) is 0.745. The highest BCUT2D eigenvalue weighted by atomic mass is 16.3. The van der Waals surface area contributed by atoms with Gasteiger partial charge in [-0.25, -0.2) is 0 Å². The van der Waals surface area contributed by atoms with E-state index in [1.54, 1.807) is 12.1 Å². The van der Waals surface area contributed by atoms with E-state index in [2.05, 4.69) is 5.32 Å². The average molecular weight is 362 g/mol. The van der Waals surface area contributed by atoms with E-state index in [9.17, 15) is 9.59 Å². The average Bonchev–Trinajstić information content (AvgIpc) is 3.28. The molecule has 1 aliphatic rings. The zero-order chi connectivity index (χ0) is 18.8. The minimum Gasteiger partial charge on any atom is -0.459 e. The van der Waals surface area contributed by atoms with Crippen molar-refractivity contribution < 1.29 is 14.0 Å². The Balaban J connectivity index is 1.40. The highest BCUT2D eigenvalue weighted by Gasteiger charge is 2.20. The Labute approximate surface area is 158 Å². The predicted molar refractivity (Wildman–Crippen MR) is 103 cm³/mol. The van der Waals surface area contributed by atoms with E-state index >= 15 is 0 Å². The maximum Gasteiger partial charge on any atom is 0.251 e. The Morgan fingerprint density at radius 2 is 1.96 bits per heavy atom. The lowest BCUT2D eigenvalue weighted by Gasteiger charge is -2.16. The van der Waals surface area contributed by atoms with Crippen LogP contribution in [0.15, 0.2) is 59.0 Å². The summed E-state index contributed by atoms with van der Waals surface area (Å²) in [5.74, 6) is 0.789. The maximum absolute atomic E-state index is 12.5. The summed E-state index contributed by atoms with van der Waals surface area (Å²) in [6.45, 7) is 3.33. The van der Waals surface area contributed by atoms with Crippen LogP contribution in [-0.2, 0) is 11.3 Å². The van der Waals surface area contributed by atoms with Crippen molar-refractivity contribution in [2.75, 3.05) is 6.54 Å². The van der Waals surface area contributed by atoms with Crippen LogP contribution in [0.5, 0.6) is 0 Å². The number of nitrogens with zero attached hydrogens (tertiary/aromatic N) is 1. The SMILES string of the molecule is C[C@@H](NC(=O)c1ccc(CN2CCCC2=O)cc1)c1cc2ccccc2o1. The molecule has 1 atom stereocenters. The van der Waals surface area contributed by atoms with Crippen LogP contribution in [0, 0.1) is 0 Å². The lowest BCUT2D eigenvalue weighted by molar-refractivity contribution is -0.128. The van der Waals surface area contributed by atoms with Gasteiger partial charge < -0.3 is 14.6 Å². The monoisotopic (exact) mass is 362 g/mol. The number of carbonyl (C=O) groups is 2. The van der Waals surface area contributed by atoms with Gasteiger partial charge in [0.2, 0.25) is 5.91 Å². The maximum atomic E-state index is 12.5. The number of hydrogen-bond acceptors (Lipinski definition) is 3. The highest BCUT2D eigenvalue weighted by molar-refractivity contribution is 5.94. The summed E-state index contributed by atoms with van der Waals surface area (Å²) in [7, 11) is 0. The van der Waals surface area contributed by atoms with Crippen molar-refractivity contribution in [3.63, 3.8) is 0 Å². The smallest absolute Gasteiger partial charge is 0.251 e. The van der Waals surface area contributed by atoms with E-state index < -0.39 is 0 Å². The largest absolute Gasteiger partial charge is 0.459 e. The number of furan rings is 1. The molecule has 4 rings (SSSR count). The van der Waals surface area contributed by atoms with Gasteiger partial charge in [-0.15, -0.1) is 0 Å². The summed E-state index contributed by atoms with van der Waals surface area (Å²) in [5.41, 5.74) is 2.44. The molecule has 2 amide bonds. The molecule has 1 saturated heterocycles. The van der Waals surface area contributed by atoms with Gasteiger partial charge in [-0.1, -0.05) is 30.3 Å². The number of rotatable bonds is 5. The number of carbonyl (C=O) groups excluding carboxylic acids is 2. The second-order valence-electron chi connectivity index (χ2n) is 7.00. The minimum absolute atomic E-state index is 0.147. The van der Waals surface area contributed by atoms with Crippen molar-refractivity contribution in [1.82, 2.24) is 10.2 Å². The van der Waals surface area contributed by atoms with Gasteiger partial charge in [0.05, 0.1) is 6.04 Å². The Hall–Kier alpha value is -3.08. The first kappa shape index (κ1) is 17.3. The number of fused-ring (bicyclic) bond motifs is 1. The third-order valence-corrected chi connectivity index (χ3v) is 4.98. The summed E-state index contributed by atoms with van der Waals surface area (Å²) in [6.07, 6.45) is 1.57. The van der Waals surface area contributed by atoms with Crippen LogP contribution in [0.4, 0.5) is 0 Å². The molecule has 2 aromatic carbocycles. The number of hydrogen-bond donors (Lipinski definition) is 1. The molecule has 0 unspecified atom stereocenters. The van der Waals surface area contributed by atoms with Gasteiger partial charge in [-0.05, 0) is 43.2 Å². The van der Waals surface area contributed by atoms with Crippen LogP contribution in [0.2, 0.25) is 0 Å². The normalized spacial score (nSPS) is 15.3. The highest BCUT2D eigenvalue weighted by Crippen LogP contribution is 2.24. The Kier molecular flexibility index (Phi) is 4.67. The molecule has 1 N–H and O–H groups in total. The first-order valence-corrected chi connectivity index (χ1v) is 9.26. The number of benzene rings is 2. The number of likely N-dealkylation sites (tertiary alicyclic amines) is 1. The van der Waals surface area contributed by atoms with E-state index in [1.807, 2.05) is 54.3 Å². The van der Waals surface area contributed by atoms with Crippen molar-refractivity contribution in [3.05, 3.63) is 71.5 Å². The van der Waals surface area contributed by atoms with Gasteiger partial charge in [0, 0.05) is 30.5 Å². The molecule has 0 spiro atoms. The van der Waals surface area contributed by atoms with E-state index in [-0.39, 0.29) is 17.9 Å². The van der Waals surface area contributed by atoms with Crippen LogP contribution in [-0.4, -0.2) is 23.3 Å². The summed E-state index contributed by atoms with van der Waals surface area (Å²) in [4.78, 5) is 26.1. The standard InChI is InChI=1S/C22H22N2O3/c1-15(20-13-18-5-2-3-6-19(18)27-20)23-22(26)17-10-8-16(9-11-17)14-24-12-4-7-21(24)25/h2-3,5-6,8-11,13,15H,4,7,12,14H2,1H3,(H,23,26)/t15-/m1/s1. The van der Waals surface area contributed by atoms with Crippen LogP contribution in [0.1, 0.15) is 47.5 Å². The Bertz CT molecular complexity index is 942. The lowest BCUT2D eigenvalue weighted by atomic mass is 10.1. The van der Waals surface area contributed by atoms with E-state index in [1.165, 1.54) is 0 Å². The third kappa shape index (κ3) is 3.72. The van der Waals surface area contributed by atoms with Crippen LogP contribution < -0.4 is 5.32 Å². The van der Waals surface area contributed by atoms with Gasteiger partial charge in [0.15, 0.2) is 0 Å². The molecule has 0 saturated carbocycles. The molecular formula is C22H22N2O3. The van der Waals surface area contributed by atoms with Crippen molar-refractivity contribution >= 4 is 22.8 Å². The molecule has 1 aromatic heterocycles. The first-order chi connectivity index (χ1) is 13.1. The fourth-order valence-corrected chi connectivity index (χ4v) is 3.42. The molecule has 0 radical (unpaired) electrons. The summed E-state index contributed by atoms with van der Waals surface area (Å²) >= 11 is 0. The molecule has 0 bridgehead atoms. The number of amides is 2. The second-order valence-corrected chi connectivity index (χ2v) is 7.00. The molecule has 2 heterocycles. The molecule has 3 aromatic rings. The van der Waals surface area contributed by atoms with Crippen molar-refractivity contribution in [1.29, 1.82) is 0 Å². The summed E-state index contributed by atoms with van der Waals surface area (Å²) in [5, 5.41) is 4.00. The van der Waals surface area contributed by atoms with Crippen molar-refractivity contribution in [2.24, 2.45) is 0 Å². The first-order valence-electron chi connectivity index (χ1n) is 9.26. The molecule has 5 nitrogen and oxygen atoms in total. The van der Waals surface area contributed by atoms with E-state index in [0.717, 1.165) is 35.3 Å². The van der Waals surface area contributed by atoms with Gasteiger partial charge in [-0.2, -0.15) is 0 Å². The number of para-hydroxylation sites is 1. The van der Waals surface area contributed by atoms with Crippen LogP contribution in [0.25, 0.3) is 11.0 Å². The van der Waals surface area contributed by atoms with Gasteiger partial charge >= 0.3 is 0 Å². The number of nitrogens with one attached hydrogen (secondary N) is 1. The fraction of sp³-hybridized carbons (Fsp3) is 0.273. The Morgan fingerprint density at radius 1 is 1.19 bits per heavy atom. The summed E-state index contributed by atoms with van der Waals surface area (Å²) in [6, 6.07) is 16.9. The van der Waals surface area contributed by atoms with Gasteiger partial charge in [-0.3, -0.25) is 9.59 Å². The second kappa shape index (κ2) is 7.27. The zero-order valence-electron chi connectivity index (χ0n) is 15.3. The van der Waals surface area contributed by atoms with Crippen LogP contribution >= 0.6 is 0 Å². The van der Waals surface area contributed by atoms with Gasteiger partial charge in [0.25, 0.3) is 5.91 Å². The molecule has 1 aliphatic heterocycles. The van der Waals surface area contributed by atoms with Crippen molar-refractivity contribution in [2.45, 2.75) is 32.4 Å². The molecule has 0 aliphatic carbocycles. The Morgan fingerprint density at radius 3 is 2.67 bits per heavy atom. The fourth-order valence-electron chi connectivity index (χ4n) is 3.42. The molecule has 27 heavy (non-hydrogen) atoms. The molecule has 5 heteroatoms. The van der Waals surface area contributed by atoms with E-state index in [0.29, 0.717) is 18.5 Å². The minimum atomic E-state index is -0.230. The molecule has 1 fully saturated rings. The van der Waals surface area contributed by atoms with E-state index in [4.69, 9.17) is 4.42 Å². The lowest BCUT2D eigenvalue weighted by Crippen LogP contribution is -2.26. The molecule has 138 valence electrons. The summed E-state index contributed by atoms with van der Waals surface area (Å²) < 4.78 is 5.82.